The molecule has 1 atom stereocenters. The molecule has 0 aliphatic heterocycles. The number of methoxy groups -OCH3 is 1. The van der Waals surface area contributed by atoms with Crippen molar-refractivity contribution in [1.29, 1.82) is 0 Å². The standard InChI is InChI=1S/C16H21NO2S/c1-3-19-16-12(6-4-7-14(16)18-2)10-13(11-17)15-8-5-9-20-15/h4-9,13H,3,10-11,17H2,1-2H3. The van der Waals surface area contributed by atoms with Gasteiger partial charge in [-0.3, -0.25) is 0 Å². The monoisotopic (exact) mass is 291 g/mol. The smallest absolute Gasteiger partial charge is 0.164 e. The van der Waals surface area contributed by atoms with Gasteiger partial charge in [0.15, 0.2) is 11.5 Å². The third-order valence-electron chi connectivity index (χ3n) is 3.27. The largest absolute Gasteiger partial charge is 0.493 e. The average Bonchev–Trinajstić information content (AvgIpc) is 3.00. The Morgan fingerprint density at radius 1 is 1.25 bits per heavy atom. The Bertz CT molecular complexity index is 525. The number of nitrogens with two attached hydrogens (primary N) is 1. The Balaban J connectivity index is 2.27. The average molecular weight is 291 g/mol. The van der Waals surface area contributed by atoms with E-state index in [0.29, 0.717) is 19.1 Å². The zero-order valence-corrected chi connectivity index (χ0v) is 12.8. The van der Waals surface area contributed by atoms with Gasteiger partial charge >= 0.3 is 0 Å². The predicted octanol–water partition coefficient (Wildman–Crippen LogP) is 3.44. The fourth-order valence-corrected chi connectivity index (χ4v) is 3.12. The molecular weight excluding hydrogens is 270 g/mol. The van der Waals surface area contributed by atoms with Crippen LogP contribution in [0.4, 0.5) is 0 Å². The van der Waals surface area contributed by atoms with E-state index < -0.39 is 0 Å². The Labute approximate surface area is 124 Å². The van der Waals surface area contributed by atoms with Crippen LogP contribution in [-0.4, -0.2) is 20.3 Å². The Hall–Kier alpha value is -1.52. The van der Waals surface area contributed by atoms with Crippen molar-refractivity contribution in [2.75, 3.05) is 20.3 Å². The van der Waals surface area contributed by atoms with Crippen LogP contribution in [0.25, 0.3) is 0 Å². The highest BCUT2D eigenvalue weighted by Gasteiger charge is 2.17. The van der Waals surface area contributed by atoms with E-state index in [4.69, 9.17) is 15.2 Å². The van der Waals surface area contributed by atoms with E-state index >= 15 is 0 Å². The molecule has 1 aromatic carbocycles. The molecule has 0 saturated heterocycles. The van der Waals surface area contributed by atoms with Crippen molar-refractivity contribution < 1.29 is 9.47 Å². The molecule has 2 N–H and O–H groups in total. The molecule has 0 spiro atoms. The number of rotatable bonds is 7. The molecule has 1 aromatic heterocycles. The molecule has 0 fully saturated rings. The summed E-state index contributed by atoms with van der Waals surface area (Å²) in [5, 5.41) is 2.09. The molecule has 0 aliphatic carbocycles. The molecule has 0 saturated carbocycles. The van der Waals surface area contributed by atoms with E-state index in [0.717, 1.165) is 23.5 Å². The second kappa shape index (κ2) is 7.31. The molecular formula is C16H21NO2S. The third kappa shape index (κ3) is 3.32. The minimum absolute atomic E-state index is 0.321. The first-order valence-electron chi connectivity index (χ1n) is 6.82. The molecule has 0 amide bonds. The van der Waals surface area contributed by atoms with E-state index in [1.807, 2.05) is 19.1 Å². The number of hydrogen-bond acceptors (Lipinski definition) is 4. The lowest BCUT2D eigenvalue weighted by Crippen LogP contribution is -2.14. The second-order valence-electron chi connectivity index (χ2n) is 4.53. The lowest BCUT2D eigenvalue weighted by Gasteiger charge is -2.18. The molecule has 0 aliphatic rings. The van der Waals surface area contributed by atoms with Gasteiger partial charge in [0.1, 0.15) is 0 Å². The van der Waals surface area contributed by atoms with Gasteiger partial charge < -0.3 is 15.2 Å². The van der Waals surface area contributed by atoms with Crippen LogP contribution in [-0.2, 0) is 6.42 Å². The fourth-order valence-electron chi connectivity index (χ4n) is 2.28. The SMILES string of the molecule is CCOc1c(CC(CN)c2cccs2)cccc1OC. The third-order valence-corrected chi connectivity index (χ3v) is 4.30. The summed E-state index contributed by atoms with van der Waals surface area (Å²) in [6.45, 7) is 3.23. The summed E-state index contributed by atoms with van der Waals surface area (Å²) in [5.41, 5.74) is 7.09. The summed E-state index contributed by atoms with van der Waals surface area (Å²) in [6, 6.07) is 10.2. The molecule has 4 heteroatoms. The minimum atomic E-state index is 0.321. The maximum Gasteiger partial charge on any atom is 0.164 e. The molecule has 2 aromatic rings. The summed E-state index contributed by atoms with van der Waals surface area (Å²) in [5.74, 6) is 1.94. The van der Waals surface area contributed by atoms with E-state index in [9.17, 15) is 0 Å². The molecule has 20 heavy (non-hydrogen) atoms. The van der Waals surface area contributed by atoms with Crippen LogP contribution in [0.3, 0.4) is 0 Å². The van der Waals surface area contributed by atoms with Crippen LogP contribution < -0.4 is 15.2 Å². The molecule has 0 bridgehead atoms. The van der Waals surface area contributed by atoms with Crippen molar-refractivity contribution in [3.05, 3.63) is 46.2 Å². The van der Waals surface area contributed by atoms with Crippen molar-refractivity contribution in [2.24, 2.45) is 5.73 Å². The Morgan fingerprint density at radius 2 is 2.10 bits per heavy atom. The zero-order chi connectivity index (χ0) is 14.4. The second-order valence-corrected chi connectivity index (χ2v) is 5.51. The first kappa shape index (κ1) is 14.9. The summed E-state index contributed by atoms with van der Waals surface area (Å²) in [6.07, 6.45) is 0.865. The maximum absolute atomic E-state index is 5.94. The van der Waals surface area contributed by atoms with Crippen molar-refractivity contribution >= 4 is 11.3 Å². The Kier molecular flexibility index (Phi) is 5.44. The molecule has 3 nitrogen and oxygen atoms in total. The molecule has 108 valence electrons. The van der Waals surface area contributed by atoms with E-state index in [-0.39, 0.29) is 0 Å². The normalized spacial score (nSPS) is 12.2. The zero-order valence-electron chi connectivity index (χ0n) is 12.0. The minimum Gasteiger partial charge on any atom is -0.493 e. The van der Waals surface area contributed by atoms with Gasteiger partial charge in [0.25, 0.3) is 0 Å². The van der Waals surface area contributed by atoms with Gasteiger partial charge in [-0.25, -0.2) is 0 Å². The first-order chi connectivity index (χ1) is 9.80. The van der Waals surface area contributed by atoms with Crippen molar-refractivity contribution in [2.45, 2.75) is 19.3 Å². The van der Waals surface area contributed by atoms with Crippen LogP contribution in [0.2, 0.25) is 0 Å². The topological polar surface area (TPSA) is 44.5 Å². The van der Waals surface area contributed by atoms with Gasteiger partial charge in [0, 0.05) is 17.3 Å². The maximum atomic E-state index is 5.94. The summed E-state index contributed by atoms with van der Waals surface area (Å²) < 4.78 is 11.2. The molecule has 1 unspecified atom stereocenters. The lowest BCUT2D eigenvalue weighted by atomic mass is 9.97. The summed E-state index contributed by atoms with van der Waals surface area (Å²) >= 11 is 1.75. The van der Waals surface area contributed by atoms with Crippen molar-refractivity contribution in [1.82, 2.24) is 0 Å². The number of ether oxygens (including phenoxy) is 2. The van der Waals surface area contributed by atoms with Gasteiger partial charge in [-0.15, -0.1) is 11.3 Å². The molecule has 1 heterocycles. The number of thiophene rings is 1. The lowest BCUT2D eigenvalue weighted by molar-refractivity contribution is 0.307. The van der Waals surface area contributed by atoms with E-state index in [1.165, 1.54) is 4.88 Å². The number of hydrogen-bond donors (Lipinski definition) is 1. The van der Waals surface area contributed by atoms with Gasteiger partial charge in [-0.05, 0) is 36.4 Å². The van der Waals surface area contributed by atoms with Crippen LogP contribution in [0, 0.1) is 0 Å². The fraction of sp³-hybridized carbons (Fsp3) is 0.375. The number of para-hydroxylation sites is 1. The first-order valence-corrected chi connectivity index (χ1v) is 7.70. The highest BCUT2D eigenvalue weighted by Crippen LogP contribution is 2.35. The van der Waals surface area contributed by atoms with Crippen LogP contribution in [0.1, 0.15) is 23.3 Å². The highest BCUT2D eigenvalue weighted by molar-refractivity contribution is 7.10. The van der Waals surface area contributed by atoms with Gasteiger partial charge in [-0.1, -0.05) is 18.2 Å². The van der Waals surface area contributed by atoms with Gasteiger partial charge in [0.05, 0.1) is 13.7 Å². The van der Waals surface area contributed by atoms with Gasteiger partial charge in [-0.2, -0.15) is 0 Å². The molecule has 0 radical (unpaired) electrons. The van der Waals surface area contributed by atoms with Gasteiger partial charge in [0.2, 0.25) is 0 Å². The van der Waals surface area contributed by atoms with E-state index in [1.54, 1.807) is 18.4 Å². The predicted molar refractivity (Wildman–Crippen MR) is 84.0 cm³/mol. The number of benzene rings is 1. The Morgan fingerprint density at radius 3 is 2.70 bits per heavy atom. The highest BCUT2D eigenvalue weighted by atomic mass is 32.1. The summed E-state index contributed by atoms with van der Waals surface area (Å²) in [7, 11) is 1.67. The van der Waals surface area contributed by atoms with Crippen LogP contribution in [0.15, 0.2) is 35.7 Å². The summed E-state index contributed by atoms with van der Waals surface area (Å²) in [4.78, 5) is 1.32. The van der Waals surface area contributed by atoms with Crippen molar-refractivity contribution in [3.63, 3.8) is 0 Å². The van der Waals surface area contributed by atoms with Crippen LogP contribution >= 0.6 is 11.3 Å². The quantitative estimate of drug-likeness (QED) is 0.850. The van der Waals surface area contributed by atoms with Crippen LogP contribution in [0.5, 0.6) is 11.5 Å². The van der Waals surface area contributed by atoms with Crippen molar-refractivity contribution in [3.8, 4) is 11.5 Å². The molecule has 2 rings (SSSR count). The van der Waals surface area contributed by atoms with E-state index in [2.05, 4.69) is 23.6 Å².